The number of halogens is 2. The second-order valence-corrected chi connectivity index (χ2v) is 4.64. The molecule has 0 spiro atoms. The lowest BCUT2D eigenvalue weighted by atomic mass is 10.0. The summed E-state index contributed by atoms with van der Waals surface area (Å²) >= 11 is 6.03. The standard InChI is InChI=1S/C14H15ClFNO/c1-9-6-10(8-18-9)14(17-2)7-11-12(15)4-3-5-13(11)16/h3-6,8,14,17H,7H2,1-2H3. The van der Waals surface area contributed by atoms with Crippen molar-refractivity contribution in [1.82, 2.24) is 5.32 Å². The van der Waals surface area contributed by atoms with Crippen molar-refractivity contribution in [2.75, 3.05) is 7.05 Å². The Bertz CT molecular complexity index is 518. The van der Waals surface area contributed by atoms with Gasteiger partial charge < -0.3 is 9.73 Å². The van der Waals surface area contributed by atoms with Crippen molar-refractivity contribution in [2.45, 2.75) is 19.4 Å². The summed E-state index contributed by atoms with van der Waals surface area (Å²) < 4.78 is 19.0. The fourth-order valence-corrected chi connectivity index (χ4v) is 2.20. The first kappa shape index (κ1) is 13.1. The fourth-order valence-electron chi connectivity index (χ4n) is 1.96. The highest BCUT2D eigenvalue weighted by atomic mass is 35.5. The normalized spacial score (nSPS) is 12.7. The molecule has 0 bridgehead atoms. The molecule has 2 rings (SSSR count). The van der Waals surface area contributed by atoms with Crippen LogP contribution in [0.25, 0.3) is 0 Å². The van der Waals surface area contributed by atoms with Crippen LogP contribution in [0.1, 0.15) is 22.9 Å². The van der Waals surface area contributed by atoms with Gasteiger partial charge in [-0.3, -0.25) is 0 Å². The van der Waals surface area contributed by atoms with E-state index in [0.717, 1.165) is 11.3 Å². The van der Waals surface area contributed by atoms with Gasteiger partial charge in [0.15, 0.2) is 0 Å². The van der Waals surface area contributed by atoms with Crippen LogP contribution in [0.3, 0.4) is 0 Å². The third-order valence-electron chi connectivity index (χ3n) is 2.97. The van der Waals surface area contributed by atoms with E-state index in [1.54, 1.807) is 18.4 Å². The zero-order valence-corrected chi connectivity index (χ0v) is 11.1. The van der Waals surface area contributed by atoms with Gasteiger partial charge in [0, 0.05) is 22.2 Å². The van der Waals surface area contributed by atoms with Crippen LogP contribution in [0.2, 0.25) is 5.02 Å². The van der Waals surface area contributed by atoms with E-state index in [1.165, 1.54) is 6.07 Å². The first-order valence-corrected chi connectivity index (χ1v) is 6.14. The maximum atomic E-state index is 13.7. The van der Waals surface area contributed by atoms with E-state index < -0.39 is 0 Å². The first-order valence-electron chi connectivity index (χ1n) is 5.77. The molecule has 1 aromatic carbocycles. The maximum absolute atomic E-state index is 13.7. The van der Waals surface area contributed by atoms with Crippen molar-refractivity contribution >= 4 is 11.6 Å². The molecule has 1 unspecified atom stereocenters. The maximum Gasteiger partial charge on any atom is 0.127 e. The fraction of sp³-hybridized carbons (Fsp3) is 0.286. The zero-order valence-electron chi connectivity index (χ0n) is 10.3. The number of hydrogen-bond acceptors (Lipinski definition) is 2. The number of benzene rings is 1. The molecule has 0 amide bonds. The first-order chi connectivity index (χ1) is 8.61. The molecular weight excluding hydrogens is 253 g/mol. The van der Waals surface area contributed by atoms with E-state index in [-0.39, 0.29) is 11.9 Å². The molecule has 1 aromatic heterocycles. The van der Waals surface area contributed by atoms with Crippen molar-refractivity contribution in [3.63, 3.8) is 0 Å². The smallest absolute Gasteiger partial charge is 0.127 e. The van der Waals surface area contributed by atoms with Gasteiger partial charge in [-0.15, -0.1) is 0 Å². The second kappa shape index (κ2) is 5.55. The summed E-state index contributed by atoms with van der Waals surface area (Å²) in [4.78, 5) is 0. The minimum absolute atomic E-state index is 0.0168. The van der Waals surface area contributed by atoms with Gasteiger partial charge >= 0.3 is 0 Å². The van der Waals surface area contributed by atoms with Gasteiger partial charge in [-0.25, -0.2) is 4.39 Å². The number of rotatable bonds is 4. The number of hydrogen-bond donors (Lipinski definition) is 1. The third kappa shape index (κ3) is 2.74. The summed E-state index contributed by atoms with van der Waals surface area (Å²) in [5.74, 6) is 0.563. The van der Waals surface area contributed by atoms with E-state index in [2.05, 4.69) is 5.32 Å². The summed E-state index contributed by atoms with van der Waals surface area (Å²) in [5, 5.41) is 3.60. The van der Waals surface area contributed by atoms with Crippen LogP contribution in [0.15, 0.2) is 34.9 Å². The van der Waals surface area contributed by atoms with Crippen molar-refractivity contribution in [3.8, 4) is 0 Å². The molecule has 0 fully saturated rings. The second-order valence-electron chi connectivity index (χ2n) is 4.24. The topological polar surface area (TPSA) is 25.2 Å². The SMILES string of the molecule is CNC(Cc1c(F)cccc1Cl)c1coc(C)c1. The van der Waals surface area contributed by atoms with Gasteiger partial charge in [0.05, 0.1) is 6.26 Å². The Morgan fingerprint density at radius 1 is 1.44 bits per heavy atom. The van der Waals surface area contributed by atoms with Crippen LogP contribution in [-0.2, 0) is 6.42 Å². The molecular formula is C14H15ClFNO. The van der Waals surface area contributed by atoms with Gasteiger partial charge in [0.25, 0.3) is 0 Å². The molecule has 18 heavy (non-hydrogen) atoms. The highest BCUT2D eigenvalue weighted by Crippen LogP contribution is 2.26. The van der Waals surface area contributed by atoms with Gasteiger partial charge in [-0.2, -0.15) is 0 Å². The molecule has 1 N–H and O–H groups in total. The number of likely N-dealkylation sites (N-methyl/N-ethyl adjacent to an activating group) is 1. The van der Waals surface area contributed by atoms with E-state index in [9.17, 15) is 4.39 Å². The summed E-state index contributed by atoms with van der Waals surface area (Å²) in [7, 11) is 1.84. The molecule has 0 aliphatic carbocycles. The van der Waals surface area contributed by atoms with Crippen molar-refractivity contribution in [2.24, 2.45) is 0 Å². The Labute approximate surface area is 111 Å². The van der Waals surface area contributed by atoms with E-state index in [1.807, 2.05) is 20.0 Å². The average Bonchev–Trinajstić information content (AvgIpc) is 2.76. The summed E-state index contributed by atoms with van der Waals surface area (Å²) in [6.45, 7) is 1.88. The molecule has 2 aromatic rings. The van der Waals surface area contributed by atoms with Crippen LogP contribution in [0, 0.1) is 12.7 Å². The lowest BCUT2D eigenvalue weighted by Crippen LogP contribution is -2.19. The molecule has 1 atom stereocenters. The Morgan fingerprint density at radius 3 is 2.78 bits per heavy atom. The molecule has 0 saturated heterocycles. The summed E-state index contributed by atoms with van der Waals surface area (Å²) in [5.41, 5.74) is 1.52. The third-order valence-corrected chi connectivity index (χ3v) is 3.33. The van der Waals surface area contributed by atoms with E-state index in [0.29, 0.717) is 17.0 Å². The molecule has 0 aliphatic rings. The highest BCUT2D eigenvalue weighted by Gasteiger charge is 2.16. The van der Waals surface area contributed by atoms with E-state index in [4.69, 9.17) is 16.0 Å². The summed E-state index contributed by atoms with van der Waals surface area (Å²) in [6.07, 6.45) is 2.17. The average molecular weight is 268 g/mol. The largest absolute Gasteiger partial charge is 0.469 e. The van der Waals surface area contributed by atoms with E-state index >= 15 is 0 Å². The highest BCUT2D eigenvalue weighted by molar-refractivity contribution is 6.31. The zero-order chi connectivity index (χ0) is 13.1. The minimum Gasteiger partial charge on any atom is -0.469 e. The van der Waals surface area contributed by atoms with Crippen molar-refractivity contribution < 1.29 is 8.81 Å². The Morgan fingerprint density at radius 2 is 2.22 bits per heavy atom. The van der Waals surface area contributed by atoms with Crippen LogP contribution >= 0.6 is 11.6 Å². The molecule has 2 nitrogen and oxygen atoms in total. The predicted octanol–water partition coefficient (Wildman–Crippen LogP) is 3.88. The summed E-state index contributed by atoms with van der Waals surface area (Å²) in [6, 6.07) is 6.66. The lowest BCUT2D eigenvalue weighted by molar-refractivity contribution is 0.516. The quantitative estimate of drug-likeness (QED) is 0.909. The van der Waals surface area contributed by atoms with Gasteiger partial charge in [-0.1, -0.05) is 17.7 Å². The molecule has 1 heterocycles. The molecule has 0 aliphatic heterocycles. The lowest BCUT2D eigenvalue weighted by Gasteiger charge is -2.15. The van der Waals surface area contributed by atoms with Gasteiger partial charge in [0.2, 0.25) is 0 Å². The van der Waals surface area contributed by atoms with Gasteiger partial charge in [-0.05, 0) is 38.6 Å². The Balaban J connectivity index is 2.26. The van der Waals surface area contributed by atoms with Crippen molar-refractivity contribution in [3.05, 3.63) is 58.3 Å². The van der Waals surface area contributed by atoms with Crippen LogP contribution in [0.5, 0.6) is 0 Å². The Kier molecular flexibility index (Phi) is 4.04. The molecule has 0 saturated carbocycles. The Hall–Kier alpha value is -1.32. The molecule has 0 radical (unpaired) electrons. The van der Waals surface area contributed by atoms with Crippen LogP contribution in [-0.4, -0.2) is 7.05 Å². The number of furan rings is 1. The molecule has 96 valence electrons. The van der Waals surface area contributed by atoms with Crippen LogP contribution < -0.4 is 5.32 Å². The number of nitrogens with one attached hydrogen (secondary N) is 1. The molecule has 4 heteroatoms. The monoisotopic (exact) mass is 267 g/mol. The van der Waals surface area contributed by atoms with Crippen molar-refractivity contribution in [1.29, 1.82) is 0 Å². The number of aryl methyl sites for hydroxylation is 1. The predicted molar refractivity (Wildman–Crippen MR) is 70.4 cm³/mol. The van der Waals surface area contributed by atoms with Gasteiger partial charge in [0.1, 0.15) is 11.6 Å². The van der Waals surface area contributed by atoms with Crippen LogP contribution in [0.4, 0.5) is 4.39 Å². The minimum atomic E-state index is -0.275.